The normalized spacial score (nSPS) is 21.0. The van der Waals surface area contributed by atoms with Crippen molar-refractivity contribution in [2.75, 3.05) is 5.32 Å². The Hall–Kier alpha value is -2.34. The van der Waals surface area contributed by atoms with Gasteiger partial charge >= 0.3 is 0 Å². The number of pyridine rings is 1. The summed E-state index contributed by atoms with van der Waals surface area (Å²) in [7, 11) is 0. The van der Waals surface area contributed by atoms with E-state index in [0.717, 1.165) is 16.1 Å². The van der Waals surface area contributed by atoms with Crippen molar-refractivity contribution < 1.29 is 9.59 Å². The Kier molecular flexibility index (Phi) is 4.09. The Morgan fingerprint density at radius 3 is 2.70 bits per heavy atom. The largest absolute Gasteiger partial charge is 0.348 e. The third-order valence-electron chi connectivity index (χ3n) is 3.87. The summed E-state index contributed by atoms with van der Waals surface area (Å²) in [6.45, 7) is 3.54. The van der Waals surface area contributed by atoms with Gasteiger partial charge in [-0.2, -0.15) is 0 Å². The van der Waals surface area contributed by atoms with E-state index in [4.69, 9.17) is 0 Å². The fourth-order valence-electron chi connectivity index (χ4n) is 2.39. The van der Waals surface area contributed by atoms with Gasteiger partial charge in [-0.1, -0.05) is 23.9 Å². The highest BCUT2D eigenvalue weighted by molar-refractivity contribution is 8.02. The number of hydrogen-bond acceptors (Lipinski definition) is 4. The van der Waals surface area contributed by atoms with Crippen LogP contribution < -0.4 is 10.6 Å². The minimum Gasteiger partial charge on any atom is -0.348 e. The second-order valence-corrected chi connectivity index (χ2v) is 7.02. The van der Waals surface area contributed by atoms with Gasteiger partial charge in [0.2, 0.25) is 11.8 Å². The first kappa shape index (κ1) is 15.6. The van der Waals surface area contributed by atoms with Crippen LogP contribution in [0.5, 0.6) is 0 Å². The Morgan fingerprint density at radius 2 is 1.96 bits per heavy atom. The fourth-order valence-corrected chi connectivity index (χ4v) is 3.50. The predicted molar refractivity (Wildman–Crippen MR) is 90.1 cm³/mol. The third kappa shape index (κ3) is 2.94. The van der Waals surface area contributed by atoms with Gasteiger partial charge in [0.05, 0.1) is 11.7 Å². The zero-order valence-electron chi connectivity index (χ0n) is 12.9. The highest BCUT2D eigenvalue weighted by Crippen LogP contribution is 2.42. The topological polar surface area (TPSA) is 71.1 Å². The fraction of sp³-hybridized carbons (Fsp3) is 0.235. The van der Waals surface area contributed by atoms with Gasteiger partial charge in [0.15, 0.2) is 4.75 Å². The Morgan fingerprint density at radius 1 is 1.26 bits per heavy atom. The van der Waals surface area contributed by atoms with Gasteiger partial charge in [0.25, 0.3) is 0 Å². The van der Waals surface area contributed by atoms with Crippen LogP contribution in [-0.2, 0) is 9.59 Å². The lowest BCUT2D eigenvalue weighted by molar-refractivity contribution is -0.130. The molecule has 0 saturated heterocycles. The minimum absolute atomic E-state index is 0.201. The number of hydrogen-bond donors (Lipinski definition) is 2. The van der Waals surface area contributed by atoms with Crippen LogP contribution in [-0.4, -0.2) is 21.5 Å². The molecule has 2 atom stereocenters. The van der Waals surface area contributed by atoms with Crippen molar-refractivity contribution in [2.45, 2.75) is 29.5 Å². The van der Waals surface area contributed by atoms with E-state index in [2.05, 4.69) is 15.6 Å². The van der Waals surface area contributed by atoms with Crippen LogP contribution in [0.4, 0.5) is 5.69 Å². The first-order valence-electron chi connectivity index (χ1n) is 7.31. The number of benzene rings is 1. The molecule has 1 aliphatic rings. The molecule has 118 valence electrons. The summed E-state index contributed by atoms with van der Waals surface area (Å²) in [6.07, 6.45) is 3.36. The molecule has 0 fully saturated rings. The summed E-state index contributed by atoms with van der Waals surface area (Å²) in [6, 6.07) is 11.0. The molecule has 2 amide bonds. The highest BCUT2D eigenvalue weighted by atomic mass is 32.2. The zero-order chi connectivity index (χ0) is 16.4. The van der Waals surface area contributed by atoms with Crippen LogP contribution in [0.2, 0.25) is 0 Å². The van der Waals surface area contributed by atoms with Gasteiger partial charge in [-0.05, 0) is 43.7 Å². The lowest BCUT2D eigenvalue weighted by Gasteiger charge is -2.32. The molecule has 1 aromatic heterocycles. The molecule has 6 heteroatoms. The van der Waals surface area contributed by atoms with Crippen LogP contribution in [0.1, 0.15) is 25.5 Å². The van der Waals surface area contributed by atoms with E-state index in [1.54, 1.807) is 19.3 Å². The summed E-state index contributed by atoms with van der Waals surface area (Å²) in [5.41, 5.74) is 1.69. The Balaban J connectivity index is 1.80. The first-order valence-corrected chi connectivity index (χ1v) is 8.13. The molecule has 0 spiro atoms. The molecular weight excluding hydrogens is 310 g/mol. The van der Waals surface area contributed by atoms with Crippen molar-refractivity contribution in [3.8, 4) is 0 Å². The monoisotopic (exact) mass is 327 g/mol. The number of amides is 2. The van der Waals surface area contributed by atoms with Gasteiger partial charge in [0, 0.05) is 17.3 Å². The van der Waals surface area contributed by atoms with Crippen molar-refractivity contribution in [1.29, 1.82) is 0 Å². The molecular formula is C17H17N3O2S. The highest BCUT2D eigenvalue weighted by Gasteiger charge is 2.46. The number of carbonyl (C=O) groups excluding carboxylic acids is 2. The molecule has 23 heavy (non-hydrogen) atoms. The predicted octanol–water partition coefficient (Wildman–Crippen LogP) is 2.76. The van der Waals surface area contributed by atoms with E-state index < -0.39 is 4.75 Å². The molecule has 0 saturated carbocycles. The van der Waals surface area contributed by atoms with Gasteiger partial charge in [-0.3, -0.25) is 14.6 Å². The molecule has 3 rings (SSSR count). The summed E-state index contributed by atoms with van der Waals surface area (Å²) >= 11 is 1.28. The van der Waals surface area contributed by atoms with Crippen LogP contribution in [0.25, 0.3) is 0 Å². The smallest absolute Gasteiger partial charge is 0.250 e. The maximum Gasteiger partial charge on any atom is 0.250 e. The number of rotatable bonds is 3. The van der Waals surface area contributed by atoms with E-state index in [0.29, 0.717) is 0 Å². The molecule has 2 N–H and O–H groups in total. The maximum absolute atomic E-state index is 12.7. The van der Waals surface area contributed by atoms with E-state index in [1.807, 2.05) is 43.3 Å². The lowest BCUT2D eigenvalue weighted by atomic mass is 10.1. The second-order valence-electron chi connectivity index (χ2n) is 5.56. The van der Waals surface area contributed by atoms with E-state index in [9.17, 15) is 9.59 Å². The zero-order valence-corrected chi connectivity index (χ0v) is 13.7. The SMILES string of the molecule is C[C@H](NC(=O)[C@@]1(C)Sc2ccccc2NC1=O)c1ccncc1. The van der Waals surface area contributed by atoms with Crippen LogP contribution >= 0.6 is 11.8 Å². The number of anilines is 1. The van der Waals surface area contributed by atoms with Crippen molar-refractivity contribution in [2.24, 2.45) is 0 Å². The van der Waals surface area contributed by atoms with Crippen LogP contribution in [0.3, 0.4) is 0 Å². The quantitative estimate of drug-likeness (QED) is 0.851. The van der Waals surface area contributed by atoms with Crippen LogP contribution in [0, 0.1) is 0 Å². The Labute approximate surface area is 138 Å². The van der Waals surface area contributed by atoms with Crippen molar-refractivity contribution in [1.82, 2.24) is 10.3 Å². The summed E-state index contributed by atoms with van der Waals surface area (Å²) in [4.78, 5) is 30.0. The minimum atomic E-state index is -1.20. The summed E-state index contributed by atoms with van der Waals surface area (Å²) in [5, 5.41) is 5.73. The number of para-hydroxylation sites is 1. The van der Waals surface area contributed by atoms with Crippen molar-refractivity contribution >= 4 is 29.3 Å². The van der Waals surface area contributed by atoms with Gasteiger partial charge < -0.3 is 10.6 Å². The number of nitrogens with one attached hydrogen (secondary N) is 2. The van der Waals surface area contributed by atoms with E-state index in [-0.39, 0.29) is 17.9 Å². The average Bonchev–Trinajstić information content (AvgIpc) is 2.56. The maximum atomic E-state index is 12.7. The van der Waals surface area contributed by atoms with E-state index in [1.165, 1.54) is 11.8 Å². The van der Waals surface area contributed by atoms with Gasteiger partial charge in [0.1, 0.15) is 0 Å². The third-order valence-corrected chi connectivity index (χ3v) is 5.22. The Bertz CT molecular complexity index is 751. The van der Waals surface area contributed by atoms with Gasteiger partial charge in [-0.15, -0.1) is 0 Å². The number of carbonyl (C=O) groups is 2. The van der Waals surface area contributed by atoms with Crippen LogP contribution in [0.15, 0.2) is 53.7 Å². The lowest BCUT2D eigenvalue weighted by Crippen LogP contribution is -2.52. The molecule has 0 radical (unpaired) electrons. The average molecular weight is 327 g/mol. The molecule has 0 unspecified atom stereocenters. The first-order chi connectivity index (χ1) is 11.0. The molecule has 0 bridgehead atoms. The number of nitrogens with zero attached hydrogens (tertiary/aromatic N) is 1. The summed E-state index contributed by atoms with van der Waals surface area (Å²) in [5.74, 6) is -0.612. The number of aromatic nitrogens is 1. The molecule has 2 heterocycles. The second kappa shape index (κ2) is 6.04. The standard InChI is InChI=1S/C17H17N3O2S/c1-11(12-7-9-18-10-8-12)19-15(21)17(2)16(22)20-13-5-3-4-6-14(13)23-17/h3-11H,1-2H3,(H,19,21)(H,20,22)/t11-,17+/m0/s1. The summed E-state index contributed by atoms with van der Waals surface area (Å²) < 4.78 is -1.20. The van der Waals surface area contributed by atoms with Crippen molar-refractivity contribution in [3.63, 3.8) is 0 Å². The molecule has 1 aromatic carbocycles. The van der Waals surface area contributed by atoms with E-state index >= 15 is 0 Å². The molecule has 5 nitrogen and oxygen atoms in total. The molecule has 0 aliphatic carbocycles. The molecule has 1 aliphatic heterocycles. The van der Waals surface area contributed by atoms with Gasteiger partial charge in [-0.25, -0.2) is 0 Å². The number of fused-ring (bicyclic) bond motifs is 1. The molecule has 2 aromatic rings. The van der Waals surface area contributed by atoms with Crippen molar-refractivity contribution in [3.05, 3.63) is 54.4 Å². The number of thioether (sulfide) groups is 1.